The SMILES string of the molecule is O=C[C@H]1CCCN1C(=O)c1ccc(-c2ccc(OCC3CCN(CC4(C(F)(F)F)CCC4)CC3)nc2)cc1. The van der Waals surface area contributed by atoms with E-state index in [9.17, 15) is 22.8 Å². The average molecular weight is 530 g/mol. The predicted octanol–water partition coefficient (Wildman–Crippen LogP) is 5.38. The minimum atomic E-state index is -4.11. The molecule has 0 radical (unpaired) electrons. The summed E-state index contributed by atoms with van der Waals surface area (Å²) in [5, 5.41) is 0. The predicted molar refractivity (Wildman–Crippen MR) is 137 cm³/mol. The van der Waals surface area contributed by atoms with Crippen LogP contribution in [0, 0.1) is 11.3 Å². The maximum absolute atomic E-state index is 13.5. The molecule has 2 saturated heterocycles. The van der Waals surface area contributed by atoms with Gasteiger partial charge in [0.05, 0.1) is 18.1 Å². The number of benzene rings is 1. The molecule has 3 fully saturated rings. The van der Waals surface area contributed by atoms with Crippen LogP contribution in [0.1, 0.15) is 55.3 Å². The van der Waals surface area contributed by atoms with Crippen molar-refractivity contribution in [2.45, 2.75) is 57.2 Å². The molecule has 0 unspecified atom stereocenters. The molecule has 1 aromatic heterocycles. The molecule has 204 valence electrons. The van der Waals surface area contributed by atoms with Gasteiger partial charge < -0.3 is 19.3 Å². The number of pyridine rings is 1. The smallest absolute Gasteiger partial charge is 0.395 e. The van der Waals surface area contributed by atoms with Crippen molar-refractivity contribution in [3.8, 4) is 17.0 Å². The molecule has 3 aliphatic rings. The van der Waals surface area contributed by atoms with Crippen LogP contribution in [0.4, 0.5) is 13.2 Å². The summed E-state index contributed by atoms with van der Waals surface area (Å²) in [6.45, 7) is 2.57. The largest absolute Gasteiger partial charge is 0.477 e. The number of ether oxygens (including phenoxy) is 1. The molecule has 0 bridgehead atoms. The number of halogens is 3. The van der Waals surface area contributed by atoms with E-state index in [0.717, 1.165) is 43.1 Å². The Hall–Kier alpha value is -2.94. The minimum Gasteiger partial charge on any atom is -0.477 e. The van der Waals surface area contributed by atoms with E-state index in [2.05, 4.69) is 4.98 Å². The number of aldehydes is 1. The van der Waals surface area contributed by atoms with Crippen molar-refractivity contribution >= 4 is 12.2 Å². The van der Waals surface area contributed by atoms with Crippen LogP contribution < -0.4 is 4.74 Å². The first-order chi connectivity index (χ1) is 18.3. The zero-order valence-corrected chi connectivity index (χ0v) is 21.5. The zero-order chi connectivity index (χ0) is 26.8. The first kappa shape index (κ1) is 26.7. The number of amides is 1. The van der Waals surface area contributed by atoms with Gasteiger partial charge in [-0.05, 0) is 81.3 Å². The summed E-state index contributed by atoms with van der Waals surface area (Å²) in [5.74, 6) is 0.694. The summed E-state index contributed by atoms with van der Waals surface area (Å²) in [7, 11) is 0. The summed E-state index contributed by atoms with van der Waals surface area (Å²) in [6, 6.07) is 10.7. The third kappa shape index (κ3) is 5.58. The quantitative estimate of drug-likeness (QED) is 0.430. The maximum Gasteiger partial charge on any atom is 0.395 e. The van der Waals surface area contributed by atoms with Crippen LogP contribution in [0.5, 0.6) is 5.88 Å². The summed E-state index contributed by atoms with van der Waals surface area (Å²) in [5.41, 5.74) is 0.879. The number of aromatic nitrogens is 1. The van der Waals surface area contributed by atoms with Crippen molar-refractivity contribution in [3.63, 3.8) is 0 Å². The van der Waals surface area contributed by atoms with Gasteiger partial charge in [-0.25, -0.2) is 4.98 Å². The molecule has 38 heavy (non-hydrogen) atoms. The molecule has 9 heteroatoms. The van der Waals surface area contributed by atoms with Crippen molar-refractivity contribution in [2.75, 3.05) is 32.8 Å². The van der Waals surface area contributed by atoms with E-state index >= 15 is 0 Å². The van der Waals surface area contributed by atoms with E-state index in [1.54, 1.807) is 23.2 Å². The lowest BCUT2D eigenvalue weighted by Gasteiger charge is -2.47. The minimum absolute atomic E-state index is 0.123. The van der Waals surface area contributed by atoms with Gasteiger partial charge in [0.25, 0.3) is 5.91 Å². The summed E-state index contributed by atoms with van der Waals surface area (Å²) in [6.07, 6.45) is 2.84. The van der Waals surface area contributed by atoms with Crippen LogP contribution in [-0.4, -0.2) is 72.0 Å². The summed E-state index contributed by atoms with van der Waals surface area (Å²) in [4.78, 5) is 32.0. The number of carbonyl (C=O) groups excluding carboxylic acids is 2. The van der Waals surface area contributed by atoms with E-state index in [1.807, 2.05) is 29.2 Å². The van der Waals surface area contributed by atoms with E-state index in [1.165, 1.54) is 0 Å². The van der Waals surface area contributed by atoms with Crippen LogP contribution in [0.15, 0.2) is 42.6 Å². The van der Waals surface area contributed by atoms with Gasteiger partial charge >= 0.3 is 6.18 Å². The molecule has 1 atom stereocenters. The molecule has 0 spiro atoms. The van der Waals surface area contributed by atoms with Gasteiger partial charge in [-0.3, -0.25) is 4.79 Å². The van der Waals surface area contributed by atoms with Gasteiger partial charge in [0.1, 0.15) is 6.29 Å². The van der Waals surface area contributed by atoms with Crippen LogP contribution in [0.3, 0.4) is 0 Å². The lowest BCUT2D eigenvalue weighted by atomic mass is 9.67. The summed E-state index contributed by atoms with van der Waals surface area (Å²) >= 11 is 0. The van der Waals surface area contributed by atoms with E-state index in [4.69, 9.17) is 4.74 Å². The zero-order valence-electron chi connectivity index (χ0n) is 21.5. The Morgan fingerprint density at radius 1 is 1.00 bits per heavy atom. The highest BCUT2D eigenvalue weighted by atomic mass is 19.4. The van der Waals surface area contributed by atoms with E-state index in [-0.39, 0.29) is 31.3 Å². The molecular weight excluding hydrogens is 495 g/mol. The van der Waals surface area contributed by atoms with Gasteiger partial charge in [-0.2, -0.15) is 13.2 Å². The Kier molecular flexibility index (Phi) is 7.75. The van der Waals surface area contributed by atoms with E-state index < -0.39 is 11.6 Å². The second kappa shape index (κ2) is 11.0. The van der Waals surface area contributed by atoms with Gasteiger partial charge in [-0.15, -0.1) is 0 Å². The fourth-order valence-electron chi connectivity index (χ4n) is 5.87. The van der Waals surface area contributed by atoms with Crippen molar-refractivity contribution in [2.24, 2.45) is 11.3 Å². The Morgan fingerprint density at radius 3 is 2.29 bits per heavy atom. The maximum atomic E-state index is 13.5. The molecule has 1 aliphatic carbocycles. The van der Waals surface area contributed by atoms with Crippen LogP contribution in [0.25, 0.3) is 11.1 Å². The highest BCUT2D eigenvalue weighted by Crippen LogP contribution is 2.53. The number of alkyl halides is 3. The molecule has 3 heterocycles. The fourth-order valence-corrected chi connectivity index (χ4v) is 5.87. The molecular formula is C29H34F3N3O3. The highest BCUT2D eigenvalue weighted by Gasteiger charge is 2.58. The molecule has 0 N–H and O–H groups in total. The lowest BCUT2D eigenvalue weighted by molar-refractivity contribution is -0.256. The molecule has 2 aromatic rings. The number of nitrogens with zero attached hydrogens (tertiary/aromatic N) is 3. The normalized spacial score (nSPS) is 22.2. The molecule has 1 amide bonds. The molecule has 1 aromatic carbocycles. The lowest BCUT2D eigenvalue weighted by Crippen LogP contribution is -2.53. The Morgan fingerprint density at radius 2 is 1.71 bits per heavy atom. The monoisotopic (exact) mass is 529 g/mol. The number of hydrogen-bond acceptors (Lipinski definition) is 5. The van der Waals surface area contributed by atoms with Crippen LogP contribution in [0.2, 0.25) is 0 Å². The van der Waals surface area contributed by atoms with Crippen molar-refractivity contribution in [3.05, 3.63) is 48.2 Å². The number of carbonyl (C=O) groups is 2. The Balaban J connectivity index is 1.09. The summed E-state index contributed by atoms with van der Waals surface area (Å²) < 4.78 is 46.4. The first-order valence-corrected chi connectivity index (χ1v) is 13.5. The molecule has 2 aliphatic heterocycles. The second-order valence-corrected chi connectivity index (χ2v) is 11.0. The topological polar surface area (TPSA) is 62.7 Å². The number of likely N-dealkylation sites (tertiary alicyclic amines) is 2. The fraction of sp³-hybridized carbons (Fsp3) is 0.552. The van der Waals surface area contributed by atoms with Crippen LogP contribution >= 0.6 is 0 Å². The van der Waals surface area contributed by atoms with E-state index in [0.29, 0.717) is 50.0 Å². The van der Waals surface area contributed by atoms with Crippen molar-refractivity contribution in [1.29, 1.82) is 0 Å². The average Bonchev–Trinajstić information content (AvgIpc) is 3.38. The number of hydrogen-bond donors (Lipinski definition) is 0. The second-order valence-electron chi connectivity index (χ2n) is 11.0. The third-order valence-corrected chi connectivity index (χ3v) is 8.53. The van der Waals surface area contributed by atoms with Crippen molar-refractivity contribution in [1.82, 2.24) is 14.8 Å². The van der Waals surface area contributed by atoms with Gasteiger partial charge in [0.2, 0.25) is 5.88 Å². The highest BCUT2D eigenvalue weighted by molar-refractivity contribution is 5.96. The molecule has 1 saturated carbocycles. The van der Waals surface area contributed by atoms with Crippen LogP contribution in [-0.2, 0) is 4.79 Å². The third-order valence-electron chi connectivity index (χ3n) is 8.53. The number of piperidine rings is 1. The standard InChI is InChI=1S/C29H34F3N3O3/c30-29(31,32)28(12-2-13-28)20-34-15-10-21(11-16-34)19-38-26-9-8-24(17-33-26)22-4-6-23(7-5-22)27(37)35-14-1-3-25(35)18-36/h4-9,17-18,21,25H,1-3,10-16,19-20H2/t25-/m1/s1. The molecule has 6 nitrogen and oxygen atoms in total. The van der Waals surface area contributed by atoms with Gasteiger partial charge in [-0.1, -0.05) is 18.6 Å². The molecule has 5 rings (SSSR count). The Bertz CT molecular complexity index is 1110. The van der Waals surface area contributed by atoms with Gasteiger partial charge in [0, 0.05) is 36.5 Å². The van der Waals surface area contributed by atoms with Gasteiger partial charge in [0.15, 0.2) is 0 Å². The number of rotatable bonds is 8. The first-order valence-electron chi connectivity index (χ1n) is 13.5. The van der Waals surface area contributed by atoms with Crippen molar-refractivity contribution < 1.29 is 27.5 Å². The Labute approximate surface area is 221 Å².